The van der Waals surface area contributed by atoms with Gasteiger partial charge in [-0.1, -0.05) is 0 Å². The number of aromatic nitrogens is 2. The summed E-state index contributed by atoms with van der Waals surface area (Å²) in [6, 6.07) is 6.52. The number of benzene rings is 1. The van der Waals surface area contributed by atoms with E-state index in [0.29, 0.717) is 31.1 Å². The van der Waals surface area contributed by atoms with Crippen LogP contribution in [0.25, 0.3) is 0 Å². The van der Waals surface area contributed by atoms with Gasteiger partial charge in [-0.3, -0.25) is 4.68 Å². The number of amides is 1. The Bertz CT molecular complexity index is 823. The number of halogens is 3. The lowest BCUT2D eigenvalue weighted by Gasteiger charge is -2.30. The van der Waals surface area contributed by atoms with Crippen molar-refractivity contribution in [2.45, 2.75) is 45.6 Å². The Kier molecular flexibility index (Phi) is 4.79. The Balaban J connectivity index is 1.67. The van der Waals surface area contributed by atoms with Crippen molar-refractivity contribution in [1.29, 1.82) is 0 Å². The number of hydrogen-bond donors (Lipinski definition) is 1. The second-order valence-corrected chi connectivity index (χ2v) is 7.35. The molecule has 9 heteroatoms. The number of hydrogen-bond acceptors (Lipinski definition) is 4. The zero-order chi connectivity index (χ0) is 19.8. The Labute approximate surface area is 154 Å². The molecular formula is C18H21F3N4O2. The summed E-state index contributed by atoms with van der Waals surface area (Å²) >= 11 is 0. The van der Waals surface area contributed by atoms with Crippen LogP contribution in [0.5, 0.6) is 0 Å². The predicted molar refractivity (Wildman–Crippen MR) is 93.6 cm³/mol. The van der Waals surface area contributed by atoms with E-state index < -0.39 is 17.3 Å². The molecule has 27 heavy (non-hydrogen) atoms. The monoisotopic (exact) mass is 382 g/mol. The highest BCUT2D eigenvalue weighted by Crippen LogP contribution is 2.30. The molecule has 0 radical (unpaired) electrons. The summed E-state index contributed by atoms with van der Waals surface area (Å²) < 4.78 is 45.0. The van der Waals surface area contributed by atoms with Crippen LogP contribution in [-0.2, 0) is 24.0 Å². The number of carbonyl (C=O) groups is 1. The quantitative estimate of drug-likeness (QED) is 0.837. The predicted octanol–water partition coefficient (Wildman–Crippen LogP) is 4.40. The third-order valence-electron chi connectivity index (χ3n) is 3.93. The van der Waals surface area contributed by atoms with Crippen LogP contribution in [-0.4, -0.2) is 32.9 Å². The van der Waals surface area contributed by atoms with E-state index in [0.717, 1.165) is 17.8 Å². The number of carbonyl (C=O) groups excluding carboxylic acids is 1. The van der Waals surface area contributed by atoms with Crippen LogP contribution in [0.3, 0.4) is 0 Å². The summed E-state index contributed by atoms with van der Waals surface area (Å²) in [5.74, 6) is 0.510. The van der Waals surface area contributed by atoms with Gasteiger partial charge in [0.15, 0.2) is 5.82 Å². The van der Waals surface area contributed by atoms with Gasteiger partial charge >= 0.3 is 12.3 Å². The Morgan fingerprint density at radius 3 is 2.41 bits per heavy atom. The number of alkyl halides is 3. The van der Waals surface area contributed by atoms with Crippen molar-refractivity contribution in [3.63, 3.8) is 0 Å². The number of nitrogens with zero attached hydrogens (tertiary/aromatic N) is 3. The maximum atomic E-state index is 12.6. The first-order valence-corrected chi connectivity index (χ1v) is 8.50. The lowest BCUT2D eigenvalue weighted by Crippen LogP contribution is -2.41. The summed E-state index contributed by atoms with van der Waals surface area (Å²) in [7, 11) is 0. The molecule has 2 heterocycles. The van der Waals surface area contributed by atoms with E-state index in [1.165, 1.54) is 12.1 Å². The van der Waals surface area contributed by atoms with Gasteiger partial charge in [0.1, 0.15) is 5.60 Å². The lowest BCUT2D eigenvalue weighted by molar-refractivity contribution is -0.137. The van der Waals surface area contributed by atoms with E-state index in [-0.39, 0.29) is 6.09 Å². The molecule has 146 valence electrons. The van der Waals surface area contributed by atoms with Gasteiger partial charge in [-0.25, -0.2) is 4.79 Å². The molecule has 0 spiro atoms. The second kappa shape index (κ2) is 6.79. The standard InChI is InChI=1S/C18H21F3N4O2/c1-17(2,3)27-16(26)24-8-9-25-14(11-24)10-15(23-25)22-13-6-4-12(5-7-13)18(19,20)21/h4-7,10H,8-9,11H2,1-3H3,(H,22,23). The molecular weight excluding hydrogens is 361 g/mol. The molecule has 1 amide bonds. The zero-order valence-corrected chi connectivity index (χ0v) is 15.3. The molecule has 0 fully saturated rings. The zero-order valence-electron chi connectivity index (χ0n) is 15.3. The Morgan fingerprint density at radius 1 is 1.15 bits per heavy atom. The summed E-state index contributed by atoms with van der Waals surface area (Å²) in [5.41, 5.74) is 0.0542. The highest BCUT2D eigenvalue weighted by Gasteiger charge is 2.30. The third kappa shape index (κ3) is 4.72. The fraction of sp³-hybridized carbons (Fsp3) is 0.444. The van der Waals surface area contributed by atoms with E-state index in [2.05, 4.69) is 10.4 Å². The van der Waals surface area contributed by atoms with Crippen LogP contribution in [0.15, 0.2) is 30.3 Å². The largest absolute Gasteiger partial charge is 0.444 e. The first-order valence-electron chi connectivity index (χ1n) is 8.50. The number of fused-ring (bicyclic) bond motifs is 1. The first kappa shape index (κ1) is 19.1. The van der Waals surface area contributed by atoms with E-state index in [9.17, 15) is 18.0 Å². The molecule has 2 aromatic rings. The average Bonchev–Trinajstić information content (AvgIpc) is 2.94. The van der Waals surface area contributed by atoms with Crippen LogP contribution in [0.1, 0.15) is 32.0 Å². The second-order valence-electron chi connectivity index (χ2n) is 7.35. The molecule has 1 aromatic carbocycles. The van der Waals surface area contributed by atoms with Crippen LogP contribution >= 0.6 is 0 Å². The van der Waals surface area contributed by atoms with Crippen molar-refractivity contribution in [2.75, 3.05) is 11.9 Å². The Morgan fingerprint density at radius 2 is 1.81 bits per heavy atom. The van der Waals surface area contributed by atoms with E-state index >= 15 is 0 Å². The fourth-order valence-electron chi connectivity index (χ4n) is 2.70. The van der Waals surface area contributed by atoms with Crippen molar-refractivity contribution in [1.82, 2.24) is 14.7 Å². The van der Waals surface area contributed by atoms with Gasteiger partial charge in [0.05, 0.1) is 24.3 Å². The molecule has 0 saturated carbocycles. The number of rotatable bonds is 2. The smallest absolute Gasteiger partial charge is 0.416 e. The van der Waals surface area contributed by atoms with Gasteiger partial charge in [-0.2, -0.15) is 18.3 Å². The highest BCUT2D eigenvalue weighted by atomic mass is 19.4. The van der Waals surface area contributed by atoms with Gasteiger partial charge in [-0.15, -0.1) is 0 Å². The molecule has 1 aromatic heterocycles. The molecule has 1 aliphatic rings. The molecule has 0 bridgehead atoms. The van der Waals surface area contributed by atoms with Crippen LogP contribution in [0.2, 0.25) is 0 Å². The summed E-state index contributed by atoms with van der Waals surface area (Å²) in [5, 5.41) is 7.38. The van der Waals surface area contributed by atoms with E-state index in [4.69, 9.17) is 4.74 Å². The third-order valence-corrected chi connectivity index (χ3v) is 3.93. The number of anilines is 2. The van der Waals surface area contributed by atoms with Gasteiger partial charge in [-0.05, 0) is 45.0 Å². The van der Waals surface area contributed by atoms with Gasteiger partial charge < -0.3 is 15.0 Å². The average molecular weight is 382 g/mol. The van der Waals surface area contributed by atoms with Gasteiger partial charge in [0.25, 0.3) is 0 Å². The Hall–Kier alpha value is -2.71. The van der Waals surface area contributed by atoms with Crippen LogP contribution in [0, 0.1) is 0 Å². The minimum Gasteiger partial charge on any atom is -0.444 e. The SMILES string of the molecule is CC(C)(C)OC(=O)N1CCn2nc(Nc3ccc(C(F)(F)F)cc3)cc2C1. The topological polar surface area (TPSA) is 59.4 Å². The maximum Gasteiger partial charge on any atom is 0.416 e. The molecule has 3 rings (SSSR count). The number of nitrogens with one attached hydrogen (secondary N) is 1. The van der Waals surface area contributed by atoms with Crippen LogP contribution < -0.4 is 5.32 Å². The summed E-state index contributed by atoms with van der Waals surface area (Å²) in [4.78, 5) is 13.8. The minimum atomic E-state index is -4.36. The van der Waals surface area contributed by atoms with E-state index in [1.807, 2.05) is 20.8 Å². The molecule has 1 N–H and O–H groups in total. The minimum absolute atomic E-state index is 0.358. The van der Waals surface area contributed by atoms with Crippen LogP contribution in [0.4, 0.5) is 29.5 Å². The molecule has 1 aliphatic heterocycles. The highest BCUT2D eigenvalue weighted by molar-refractivity contribution is 5.68. The van der Waals surface area contributed by atoms with Crippen molar-refractivity contribution < 1.29 is 22.7 Å². The fourth-order valence-corrected chi connectivity index (χ4v) is 2.70. The number of ether oxygens (including phenoxy) is 1. The first-order chi connectivity index (χ1) is 12.5. The molecule has 0 unspecified atom stereocenters. The van der Waals surface area contributed by atoms with Gasteiger partial charge in [0.2, 0.25) is 0 Å². The molecule has 0 saturated heterocycles. The van der Waals surface area contributed by atoms with Crippen molar-refractivity contribution in [3.8, 4) is 0 Å². The lowest BCUT2D eigenvalue weighted by atomic mass is 10.2. The van der Waals surface area contributed by atoms with Crippen molar-refractivity contribution in [3.05, 3.63) is 41.6 Å². The summed E-state index contributed by atoms with van der Waals surface area (Å²) in [6.45, 7) is 6.78. The van der Waals surface area contributed by atoms with Gasteiger partial charge in [0, 0.05) is 18.3 Å². The maximum absolute atomic E-state index is 12.6. The van der Waals surface area contributed by atoms with Crippen molar-refractivity contribution in [2.24, 2.45) is 0 Å². The molecule has 0 aliphatic carbocycles. The van der Waals surface area contributed by atoms with E-state index in [1.54, 1.807) is 15.6 Å². The normalized spacial score (nSPS) is 14.7. The molecule has 6 nitrogen and oxygen atoms in total. The van der Waals surface area contributed by atoms with Crippen molar-refractivity contribution >= 4 is 17.6 Å². The molecule has 0 atom stereocenters. The summed E-state index contributed by atoms with van der Waals surface area (Å²) in [6.07, 6.45) is -4.75.